The maximum Gasteiger partial charge on any atom is 0.269 e. The minimum atomic E-state index is -0.0557. The lowest BCUT2D eigenvalue weighted by atomic mass is 9.98. The minimum absolute atomic E-state index is 0.0557. The van der Waals surface area contributed by atoms with Crippen LogP contribution in [-0.2, 0) is 17.3 Å². The maximum absolute atomic E-state index is 6.02. The van der Waals surface area contributed by atoms with Crippen molar-refractivity contribution in [3.63, 3.8) is 0 Å². The van der Waals surface area contributed by atoms with E-state index in [0.29, 0.717) is 9.76 Å². The van der Waals surface area contributed by atoms with E-state index in [4.69, 9.17) is 4.43 Å². The van der Waals surface area contributed by atoms with Crippen molar-refractivity contribution in [2.24, 2.45) is 0 Å². The summed E-state index contributed by atoms with van der Waals surface area (Å²) in [5.41, 5.74) is 3.05. The molecule has 0 fully saturated rings. The molecule has 0 bridgehead atoms. The number of rotatable bonds is 8. The summed E-state index contributed by atoms with van der Waals surface area (Å²) >= 11 is 0. The molecule has 0 N–H and O–H groups in total. The fraction of sp³-hybridized carbons (Fsp3) is 0.667. The highest BCUT2D eigenvalue weighted by Gasteiger charge is 2.15. The monoisotopic (exact) mass is 290 g/mol. The van der Waals surface area contributed by atoms with Gasteiger partial charge in [-0.25, -0.2) is 0 Å². The first-order chi connectivity index (χ1) is 9.48. The van der Waals surface area contributed by atoms with Gasteiger partial charge in [0.25, 0.3) is 9.76 Å². The van der Waals surface area contributed by atoms with Crippen LogP contribution in [0.25, 0.3) is 0 Å². The van der Waals surface area contributed by atoms with Crippen LogP contribution in [0.4, 0.5) is 0 Å². The minimum Gasteiger partial charge on any atom is -0.407 e. The first-order valence-electron chi connectivity index (χ1n) is 8.02. The summed E-state index contributed by atoms with van der Waals surface area (Å²) in [4.78, 5) is 0. The smallest absolute Gasteiger partial charge is 0.269 e. The first kappa shape index (κ1) is 17.4. The van der Waals surface area contributed by atoms with Gasteiger partial charge in [0.2, 0.25) is 0 Å². The number of hydrogen-bond acceptors (Lipinski definition) is 1. The summed E-state index contributed by atoms with van der Waals surface area (Å²) in [6.45, 7) is 10.9. The van der Waals surface area contributed by atoms with E-state index in [1.54, 1.807) is 11.1 Å². The van der Waals surface area contributed by atoms with E-state index in [2.05, 4.69) is 52.8 Å². The SMILES string of the molecule is CCCCc1cccc([Si]OC(C)(C)C)c1CCCC. The highest BCUT2D eigenvalue weighted by atomic mass is 28.2. The fourth-order valence-electron chi connectivity index (χ4n) is 2.19. The molecule has 0 aliphatic heterocycles. The fourth-order valence-corrected chi connectivity index (χ4v) is 3.18. The van der Waals surface area contributed by atoms with Gasteiger partial charge in [0.05, 0.1) is 0 Å². The van der Waals surface area contributed by atoms with Crippen LogP contribution in [0.1, 0.15) is 71.4 Å². The Kier molecular flexibility index (Phi) is 7.53. The van der Waals surface area contributed by atoms with Crippen molar-refractivity contribution in [2.45, 2.75) is 78.7 Å². The Hall–Kier alpha value is -0.603. The third-order valence-electron chi connectivity index (χ3n) is 3.32. The van der Waals surface area contributed by atoms with Gasteiger partial charge in [0.1, 0.15) is 0 Å². The van der Waals surface area contributed by atoms with Gasteiger partial charge in [-0.3, -0.25) is 0 Å². The molecule has 112 valence electrons. The Morgan fingerprint density at radius 3 is 2.25 bits per heavy atom. The second kappa shape index (κ2) is 8.63. The molecule has 0 spiro atoms. The molecule has 0 unspecified atom stereocenters. The normalized spacial score (nSPS) is 11.8. The Morgan fingerprint density at radius 1 is 1.00 bits per heavy atom. The Balaban J connectivity index is 2.89. The number of unbranched alkanes of at least 4 members (excludes halogenated alkanes) is 2. The van der Waals surface area contributed by atoms with Gasteiger partial charge < -0.3 is 4.43 Å². The Morgan fingerprint density at radius 2 is 1.65 bits per heavy atom. The van der Waals surface area contributed by atoms with Crippen LogP contribution in [-0.4, -0.2) is 15.4 Å². The van der Waals surface area contributed by atoms with Crippen molar-refractivity contribution in [2.75, 3.05) is 0 Å². The summed E-state index contributed by atoms with van der Waals surface area (Å²) in [5, 5.41) is 1.42. The molecular formula is C18H30OSi. The van der Waals surface area contributed by atoms with Gasteiger partial charge in [-0.15, -0.1) is 0 Å². The quantitative estimate of drug-likeness (QED) is 0.644. The van der Waals surface area contributed by atoms with E-state index in [0.717, 1.165) is 0 Å². The van der Waals surface area contributed by atoms with Gasteiger partial charge >= 0.3 is 0 Å². The van der Waals surface area contributed by atoms with Crippen LogP contribution in [0.2, 0.25) is 0 Å². The first-order valence-corrected chi connectivity index (χ1v) is 8.93. The molecule has 0 heterocycles. The van der Waals surface area contributed by atoms with Crippen LogP contribution in [0.3, 0.4) is 0 Å². The van der Waals surface area contributed by atoms with E-state index >= 15 is 0 Å². The van der Waals surface area contributed by atoms with Crippen LogP contribution in [0.15, 0.2) is 18.2 Å². The average Bonchev–Trinajstić information content (AvgIpc) is 2.40. The van der Waals surface area contributed by atoms with E-state index < -0.39 is 0 Å². The second-order valence-corrected chi connectivity index (χ2v) is 7.41. The van der Waals surface area contributed by atoms with Crippen molar-refractivity contribution in [3.8, 4) is 0 Å². The lowest BCUT2D eigenvalue weighted by Gasteiger charge is -2.21. The van der Waals surface area contributed by atoms with Gasteiger partial charge in [-0.2, -0.15) is 0 Å². The molecule has 0 aliphatic rings. The molecule has 2 heteroatoms. The van der Waals surface area contributed by atoms with Gasteiger partial charge in [0.15, 0.2) is 0 Å². The molecule has 0 saturated carbocycles. The average molecular weight is 291 g/mol. The van der Waals surface area contributed by atoms with Crippen LogP contribution in [0, 0.1) is 0 Å². The highest BCUT2D eigenvalue weighted by Crippen LogP contribution is 2.14. The molecule has 1 nitrogen and oxygen atoms in total. The van der Waals surface area contributed by atoms with Crippen molar-refractivity contribution in [1.82, 2.24) is 0 Å². The Bertz CT molecular complexity index is 393. The lowest BCUT2D eigenvalue weighted by Crippen LogP contribution is -2.31. The van der Waals surface area contributed by atoms with Crippen LogP contribution >= 0.6 is 0 Å². The topological polar surface area (TPSA) is 9.23 Å². The zero-order valence-corrected chi connectivity index (χ0v) is 14.9. The molecule has 0 amide bonds. The molecule has 1 rings (SSSR count). The predicted octanol–water partition coefficient (Wildman–Crippen LogP) is 4.43. The van der Waals surface area contributed by atoms with Gasteiger partial charge in [-0.1, -0.05) is 44.9 Å². The molecule has 1 aromatic rings. The van der Waals surface area contributed by atoms with Crippen molar-refractivity contribution in [1.29, 1.82) is 0 Å². The maximum atomic E-state index is 6.02. The van der Waals surface area contributed by atoms with E-state index in [-0.39, 0.29) is 5.60 Å². The van der Waals surface area contributed by atoms with Crippen LogP contribution < -0.4 is 5.19 Å². The van der Waals surface area contributed by atoms with Crippen LogP contribution in [0.5, 0.6) is 0 Å². The number of hydrogen-bond donors (Lipinski definition) is 0. The number of aryl methyl sites for hydroxylation is 1. The zero-order valence-electron chi connectivity index (χ0n) is 13.9. The number of benzene rings is 1. The molecule has 2 radical (unpaired) electrons. The van der Waals surface area contributed by atoms with E-state index in [1.807, 2.05) is 0 Å². The summed E-state index contributed by atoms with van der Waals surface area (Å²) in [5.74, 6) is 0. The summed E-state index contributed by atoms with van der Waals surface area (Å²) in [6, 6.07) is 6.77. The summed E-state index contributed by atoms with van der Waals surface area (Å²) in [7, 11) is 0.467. The predicted molar refractivity (Wildman–Crippen MR) is 89.9 cm³/mol. The summed E-state index contributed by atoms with van der Waals surface area (Å²) in [6.07, 6.45) is 7.49. The zero-order chi connectivity index (χ0) is 15.0. The Labute approximate surface area is 128 Å². The standard InChI is InChI=1S/C18H30OSi/c1-6-8-11-15-12-10-14-17(16(15)13-9-7-2)20-19-18(3,4)5/h10,12,14H,6-9,11,13H2,1-5H3. The molecule has 0 saturated heterocycles. The molecule has 0 aromatic heterocycles. The molecule has 0 aliphatic carbocycles. The molecule has 0 atom stereocenters. The molecule has 20 heavy (non-hydrogen) atoms. The van der Waals surface area contributed by atoms with Crippen molar-refractivity contribution in [3.05, 3.63) is 29.3 Å². The summed E-state index contributed by atoms with van der Waals surface area (Å²) < 4.78 is 6.02. The van der Waals surface area contributed by atoms with E-state index in [9.17, 15) is 0 Å². The second-order valence-electron chi connectivity index (χ2n) is 6.47. The van der Waals surface area contributed by atoms with Crippen molar-refractivity contribution < 1.29 is 4.43 Å². The largest absolute Gasteiger partial charge is 0.407 e. The van der Waals surface area contributed by atoms with E-state index in [1.165, 1.54) is 43.7 Å². The third-order valence-corrected chi connectivity index (χ3v) is 4.72. The molecular weight excluding hydrogens is 260 g/mol. The molecule has 1 aromatic carbocycles. The highest BCUT2D eigenvalue weighted by molar-refractivity contribution is 6.47. The lowest BCUT2D eigenvalue weighted by molar-refractivity contribution is 0.141. The van der Waals surface area contributed by atoms with Crippen molar-refractivity contribution >= 4 is 14.9 Å². The van der Waals surface area contributed by atoms with Gasteiger partial charge in [0, 0.05) is 5.60 Å². The van der Waals surface area contributed by atoms with Gasteiger partial charge in [-0.05, 0) is 62.8 Å². The third kappa shape index (κ3) is 6.23.